The van der Waals surface area contributed by atoms with E-state index in [4.69, 9.17) is 0 Å². The van der Waals surface area contributed by atoms with E-state index < -0.39 is 33.1 Å². The first-order valence-corrected chi connectivity index (χ1v) is 13.9. The van der Waals surface area contributed by atoms with Crippen molar-refractivity contribution in [2.24, 2.45) is 11.8 Å². The molecule has 0 spiro atoms. The van der Waals surface area contributed by atoms with Gasteiger partial charge < -0.3 is 19.9 Å². The molecule has 12 heteroatoms. The van der Waals surface area contributed by atoms with Crippen LogP contribution in [0.1, 0.15) is 33.1 Å². The van der Waals surface area contributed by atoms with E-state index in [1.807, 2.05) is 20.9 Å². The molecule has 3 aliphatic heterocycles. The number of Topliss-reactive ketones (excluding diaryl/α,β-unsaturated/α-hetero) is 1. The molecule has 11 nitrogen and oxygen atoms in total. The number of likely N-dealkylation sites (N-methyl/N-ethyl adjacent to an activating group) is 1. The normalized spacial score (nSPS) is 24.4. The molecule has 0 saturated carbocycles. The van der Waals surface area contributed by atoms with Crippen molar-refractivity contribution in [2.75, 3.05) is 46.3 Å². The fourth-order valence-electron chi connectivity index (χ4n) is 5.54. The van der Waals surface area contributed by atoms with E-state index in [1.54, 1.807) is 4.90 Å². The smallest absolute Gasteiger partial charge is 0.323 e. The van der Waals surface area contributed by atoms with Gasteiger partial charge in [-0.1, -0.05) is 13.8 Å². The summed E-state index contributed by atoms with van der Waals surface area (Å²) < 4.78 is 27.8. The van der Waals surface area contributed by atoms with Crippen molar-refractivity contribution >= 4 is 27.6 Å². The van der Waals surface area contributed by atoms with E-state index in [0.717, 1.165) is 23.6 Å². The molecule has 2 amide bonds. The molecule has 4 heterocycles. The third-order valence-electron chi connectivity index (χ3n) is 7.40. The molecule has 0 aromatic carbocycles. The maximum Gasteiger partial charge on any atom is 0.323 e. The van der Waals surface area contributed by atoms with E-state index in [2.05, 4.69) is 4.90 Å². The van der Waals surface area contributed by atoms with Crippen LogP contribution in [0.15, 0.2) is 29.4 Å². The number of amides is 2. The molecule has 1 aromatic rings. The molecule has 0 radical (unpaired) electrons. The van der Waals surface area contributed by atoms with Crippen LogP contribution in [-0.2, 0) is 24.4 Å². The minimum absolute atomic E-state index is 0.0659. The number of piperazine rings is 1. The number of hydrogen-bond acceptors (Lipinski definition) is 7. The Labute approximate surface area is 212 Å². The van der Waals surface area contributed by atoms with Gasteiger partial charge in [0.25, 0.3) is 0 Å². The van der Waals surface area contributed by atoms with Crippen molar-refractivity contribution in [3.63, 3.8) is 0 Å². The van der Waals surface area contributed by atoms with Gasteiger partial charge in [-0.15, -0.1) is 0 Å². The number of aromatic nitrogens is 1. The van der Waals surface area contributed by atoms with Crippen LogP contribution in [0.25, 0.3) is 0 Å². The van der Waals surface area contributed by atoms with Crippen molar-refractivity contribution < 1.29 is 27.5 Å². The Bertz CT molecular complexity index is 1120. The molecule has 0 aliphatic carbocycles. The van der Waals surface area contributed by atoms with E-state index in [1.165, 1.54) is 23.1 Å². The summed E-state index contributed by atoms with van der Waals surface area (Å²) in [6.45, 7) is 6.64. The number of fused-ring (bicyclic) bond motifs is 1. The van der Waals surface area contributed by atoms with E-state index in [9.17, 15) is 28.0 Å². The summed E-state index contributed by atoms with van der Waals surface area (Å²) in [7, 11) is -2.22. The second kappa shape index (κ2) is 10.4. The van der Waals surface area contributed by atoms with Crippen LogP contribution in [0.3, 0.4) is 0 Å². The molecular formula is C24H35N5O6S. The second-order valence-electron chi connectivity index (χ2n) is 10.4. The fraction of sp³-hybridized carbons (Fsp3) is 0.667. The third kappa shape index (κ3) is 5.12. The van der Waals surface area contributed by atoms with Gasteiger partial charge >= 0.3 is 15.0 Å². The molecule has 3 saturated heterocycles. The van der Waals surface area contributed by atoms with Gasteiger partial charge in [-0.05, 0) is 31.9 Å². The van der Waals surface area contributed by atoms with Crippen molar-refractivity contribution in [1.82, 2.24) is 19.0 Å². The lowest BCUT2D eigenvalue weighted by atomic mass is 9.91. The number of rotatable bonds is 7. The van der Waals surface area contributed by atoms with Gasteiger partial charge in [0, 0.05) is 57.2 Å². The zero-order valence-corrected chi connectivity index (χ0v) is 21.9. The van der Waals surface area contributed by atoms with Crippen LogP contribution in [0.4, 0.5) is 0 Å². The zero-order chi connectivity index (χ0) is 26.2. The number of pyridine rings is 1. The molecule has 3 unspecified atom stereocenters. The lowest BCUT2D eigenvalue weighted by Gasteiger charge is -2.34. The van der Waals surface area contributed by atoms with Crippen LogP contribution in [0.5, 0.6) is 0 Å². The topological polar surface area (TPSA) is 125 Å². The number of sulfonamides is 1. The van der Waals surface area contributed by atoms with E-state index in [0.29, 0.717) is 25.9 Å². The van der Waals surface area contributed by atoms with Gasteiger partial charge in [0.1, 0.15) is 6.04 Å². The Balaban J connectivity index is 1.51. The highest BCUT2D eigenvalue weighted by Crippen LogP contribution is 2.35. The van der Waals surface area contributed by atoms with Crippen molar-refractivity contribution in [3.05, 3.63) is 29.6 Å². The van der Waals surface area contributed by atoms with Gasteiger partial charge in [-0.2, -0.15) is 9.04 Å². The molecule has 4 rings (SSSR count). The Morgan fingerprint density at radius 3 is 2.47 bits per heavy atom. The summed E-state index contributed by atoms with van der Waals surface area (Å²) >= 11 is 0. The summed E-state index contributed by atoms with van der Waals surface area (Å²) in [5.41, 5.74) is 0. The number of carbonyl (C=O) groups excluding carboxylic acids is 3. The van der Waals surface area contributed by atoms with Gasteiger partial charge in [0.2, 0.25) is 11.8 Å². The van der Waals surface area contributed by atoms with Crippen LogP contribution in [-0.4, -0.2) is 103 Å². The molecule has 3 atom stereocenters. The number of carbonyl (C=O) groups is 3. The Hall–Kier alpha value is -2.57. The summed E-state index contributed by atoms with van der Waals surface area (Å²) in [5.74, 6) is -1.11. The second-order valence-corrected chi connectivity index (χ2v) is 12.3. The first kappa shape index (κ1) is 26.5. The van der Waals surface area contributed by atoms with Gasteiger partial charge in [-0.3, -0.25) is 14.4 Å². The monoisotopic (exact) mass is 521 g/mol. The number of ketones is 1. The highest BCUT2D eigenvalue weighted by atomic mass is 32.2. The predicted molar refractivity (Wildman–Crippen MR) is 130 cm³/mol. The minimum Gasteiger partial charge on any atom is -0.618 e. The van der Waals surface area contributed by atoms with Gasteiger partial charge in [0.05, 0.1) is 12.6 Å². The molecular weight excluding hydrogens is 486 g/mol. The highest BCUT2D eigenvalue weighted by molar-refractivity contribution is 7.89. The number of hydrogen-bond donors (Lipinski definition) is 0. The molecule has 1 aromatic heterocycles. The Morgan fingerprint density at radius 1 is 1.14 bits per heavy atom. The number of likely N-dealkylation sites (tertiary alicyclic amines) is 1. The van der Waals surface area contributed by atoms with Crippen LogP contribution >= 0.6 is 0 Å². The predicted octanol–water partition coefficient (Wildman–Crippen LogP) is -0.311. The fourth-order valence-corrected chi connectivity index (χ4v) is 7.20. The average Bonchev–Trinajstić information content (AvgIpc) is 3.40. The quantitative estimate of drug-likeness (QED) is 0.356. The summed E-state index contributed by atoms with van der Waals surface area (Å²) in [5, 5.41) is 11.7. The molecule has 36 heavy (non-hydrogen) atoms. The lowest BCUT2D eigenvalue weighted by Crippen LogP contribution is -2.49. The summed E-state index contributed by atoms with van der Waals surface area (Å²) in [6, 6.07) is 2.47. The Morgan fingerprint density at radius 2 is 1.83 bits per heavy atom. The lowest BCUT2D eigenvalue weighted by molar-refractivity contribution is -0.646. The SMILES string of the molecule is CC(C)CC(CC(=O)N1CCN(C)CC1)C(=O)N1CCC2C1C(=O)CN2S(=O)(=O)c1cccc[n+]1[O-]. The maximum atomic E-state index is 13.7. The zero-order valence-electron chi connectivity index (χ0n) is 21.1. The molecule has 3 fully saturated rings. The van der Waals surface area contributed by atoms with Crippen LogP contribution in [0, 0.1) is 17.0 Å². The third-order valence-corrected chi connectivity index (χ3v) is 9.27. The summed E-state index contributed by atoms with van der Waals surface area (Å²) in [4.78, 5) is 45.2. The highest BCUT2D eigenvalue weighted by Gasteiger charge is 2.55. The molecule has 0 bridgehead atoms. The van der Waals surface area contributed by atoms with Gasteiger partial charge in [0.15, 0.2) is 12.0 Å². The molecule has 0 N–H and O–H groups in total. The van der Waals surface area contributed by atoms with Crippen LogP contribution < -0.4 is 4.73 Å². The first-order valence-electron chi connectivity index (χ1n) is 12.5. The van der Waals surface area contributed by atoms with Crippen molar-refractivity contribution in [1.29, 1.82) is 0 Å². The van der Waals surface area contributed by atoms with E-state index >= 15 is 0 Å². The average molecular weight is 522 g/mol. The molecule has 3 aliphatic rings. The first-order chi connectivity index (χ1) is 17.0. The maximum absolute atomic E-state index is 13.7. The van der Waals surface area contributed by atoms with Crippen molar-refractivity contribution in [3.8, 4) is 0 Å². The van der Waals surface area contributed by atoms with Gasteiger partial charge in [-0.25, -0.2) is 8.42 Å². The van der Waals surface area contributed by atoms with Crippen molar-refractivity contribution in [2.45, 2.75) is 50.2 Å². The Kier molecular flexibility index (Phi) is 7.67. The van der Waals surface area contributed by atoms with E-state index in [-0.39, 0.29) is 47.8 Å². The molecule has 198 valence electrons. The number of nitrogens with zero attached hydrogens (tertiary/aromatic N) is 5. The minimum atomic E-state index is -4.22. The largest absolute Gasteiger partial charge is 0.618 e. The standard InChI is InChI=1S/C24H35N5O6S/c1-17(2)14-18(15-21(31)26-12-10-25(3)11-13-26)24(32)27-9-7-19-23(27)20(30)16-29(19)36(34,35)22-6-4-5-8-28(22)33/h4-6,8,17-19,23H,7,9-16H2,1-3H3. The summed E-state index contributed by atoms with van der Waals surface area (Å²) in [6.07, 6.45) is 1.97. The van der Waals surface area contributed by atoms with Crippen LogP contribution in [0.2, 0.25) is 0 Å².